The summed E-state index contributed by atoms with van der Waals surface area (Å²) in [6.07, 6.45) is 0.628. The van der Waals surface area contributed by atoms with Crippen molar-refractivity contribution >= 4 is 21.7 Å². The van der Waals surface area contributed by atoms with Gasteiger partial charge in [-0.1, -0.05) is 6.92 Å². The average Bonchev–Trinajstić information content (AvgIpc) is 2.94. The number of hydrogen-bond donors (Lipinski definition) is 0. The Bertz CT molecular complexity index is 513. The van der Waals surface area contributed by atoms with Crippen molar-refractivity contribution < 1.29 is 13.9 Å². The Kier molecular flexibility index (Phi) is 2.30. The molecule has 0 saturated heterocycles. The van der Waals surface area contributed by atoms with Crippen LogP contribution >= 0.6 is 15.9 Å². The van der Waals surface area contributed by atoms with Crippen LogP contribution in [0.3, 0.4) is 0 Å². The van der Waals surface area contributed by atoms with Gasteiger partial charge in [0.15, 0.2) is 11.4 Å². The molecule has 1 aliphatic carbocycles. The zero-order chi connectivity index (χ0) is 12.2. The third-order valence-corrected chi connectivity index (χ3v) is 3.83. The second-order valence-corrected chi connectivity index (χ2v) is 5.47. The first kappa shape index (κ1) is 11.1. The van der Waals surface area contributed by atoms with E-state index in [0.717, 1.165) is 5.56 Å². The van der Waals surface area contributed by atoms with Crippen LogP contribution in [0.1, 0.15) is 41.7 Å². The number of alkyl halides is 1. The van der Waals surface area contributed by atoms with E-state index in [0.29, 0.717) is 29.8 Å². The molecule has 1 atom stereocenters. The highest BCUT2D eigenvalue weighted by atomic mass is 79.9. The largest absolute Gasteiger partial charge is 0.490 e. The van der Waals surface area contributed by atoms with E-state index in [2.05, 4.69) is 20.9 Å². The molecule has 17 heavy (non-hydrogen) atoms. The molecule has 3 rings (SSSR count). The lowest BCUT2D eigenvalue weighted by atomic mass is 10.0. The summed E-state index contributed by atoms with van der Waals surface area (Å²) in [7, 11) is 0. The van der Waals surface area contributed by atoms with Gasteiger partial charge in [-0.3, -0.25) is 4.79 Å². The van der Waals surface area contributed by atoms with Crippen LogP contribution in [0.5, 0.6) is 5.75 Å². The Hall–Kier alpha value is -0.970. The lowest BCUT2D eigenvalue weighted by Crippen LogP contribution is -2.18. The van der Waals surface area contributed by atoms with Crippen LogP contribution < -0.4 is 4.74 Å². The van der Waals surface area contributed by atoms with Gasteiger partial charge in [0.2, 0.25) is 5.78 Å². The lowest BCUT2D eigenvalue weighted by molar-refractivity contribution is 0.0845. The fourth-order valence-electron chi connectivity index (χ4n) is 2.01. The van der Waals surface area contributed by atoms with Gasteiger partial charge < -0.3 is 4.74 Å². The quantitative estimate of drug-likeness (QED) is 0.622. The van der Waals surface area contributed by atoms with Crippen molar-refractivity contribution in [2.24, 2.45) is 0 Å². The summed E-state index contributed by atoms with van der Waals surface area (Å²) >= 11 is 3.27. The Balaban J connectivity index is 2.05. The van der Waals surface area contributed by atoms with Crippen molar-refractivity contribution in [3.63, 3.8) is 0 Å². The number of ether oxygens (including phenoxy) is 1. The number of Topliss-reactive ketones (excluding diaryl/α,β-unsaturated/α-hetero) is 1. The summed E-state index contributed by atoms with van der Waals surface area (Å²) in [6.45, 7) is 2.59. The Labute approximate surface area is 107 Å². The van der Waals surface area contributed by atoms with E-state index >= 15 is 0 Å². The fourth-order valence-corrected chi connectivity index (χ4v) is 2.54. The lowest BCUT2D eigenvalue weighted by Gasteiger charge is -2.08. The molecule has 5 heteroatoms. The van der Waals surface area contributed by atoms with Gasteiger partial charge in [-0.05, 0) is 34.8 Å². The molecule has 1 fully saturated rings. The molecule has 2 heterocycles. The zero-order valence-corrected chi connectivity index (χ0v) is 10.9. The molecule has 2 aliphatic rings. The highest BCUT2D eigenvalue weighted by molar-refractivity contribution is 9.10. The van der Waals surface area contributed by atoms with Gasteiger partial charge >= 0.3 is 0 Å². The molecular formula is C12H11BrFNO2. The number of carbonyl (C=O) groups excluding carboxylic acids is 1. The molecule has 0 spiro atoms. The van der Waals surface area contributed by atoms with E-state index in [1.165, 1.54) is 0 Å². The summed E-state index contributed by atoms with van der Waals surface area (Å²) < 4.78 is 19.7. The molecule has 0 radical (unpaired) electrons. The summed E-state index contributed by atoms with van der Waals surface area (Å²) in [6, 6.07) is 1.67. The highest BCUT2D eigenvalue weighted by Crippen LogP contribution is 2.44. The molecule has 3 nitrogen and oxygen atoms in total. The second kappa shape index (κ2) is 3.51. The molecule has 1 saturated carbocycles. The smallest absolute Gasteiger partial charge is 0.218 e. The van der Waals surface area contributed by atoms with Crippen molar-refractivity contribution in [1.29, 1.82) is 0 Å². The molecular weight excluding hydrogens is 289 g/mol. The number of fused-ring (bicyclic) bond motifs is 1. The van der Waals surface area contributed by atoms with Crippen molar-refractivity contribution in [1.82, 2.24) is 4.98 Å². The predicted octanol–water partition coefficient (Wildman–Crippen LogP) is 3.02. The normalized spacial score (nSPS) is 24.1. The van der Waals surface area contributed by atoms with Crippen molar-refractivity contribution in [3.05, 3.63) is 21.9 Å². The fraction of sp³-hybridized carbons (Fsp3) is 0.500. The van der Waals surface area contributed by atoms with Crippen molar-refractivity contribution in [2.45, 2.75) is 31.4 Å². The number of halogens is 2. The minimum atomic E-state index is -1.66. The number of carbonyl (C=O) groups is 1. The molecule has 1 aromatic rings. The highest BCUT2D eigenvalue weighted by Gasteiger charge is 2.51. The maximum atomic E-state index is 13.7. The summed E-state index contributed by atoms with van der Waals surface area (Å²) in [5, 5.41) is 0. The molecule has 1 unspecified atom stereocenters. The summed E-state index contributed by atoms with van der Waals surface area (Å²) in [5.41, 5.74) is -0.531. The van der Waals surface area contributed by atoms with Gasteiger partial charge in [0.25, 0.3) is 0 Å². The minimum Gasteiger partial charge on any atom is -0.490 e. The number of ketones is 1. The number of hydrogen-bond acceptors (Lipinski definition) is 3. The van der Waals surface area contributed by atoms with Gasteiger partial charge in [-0.25, -0.2) is 9.37 Å². The van der Waals surface area contributed by atoms with Gasteiger partial charge in [0.1, 0.15) is 10.3 Å². The third kappa shape index (κ3) is 1.68. The summed E-state index contributed by atoms with van der Waals surface area (Å²) in [4.78, 5) is 16.0. The minimum absolute atomic E-state index is 0.202. The molecule has 0 amide bonds. The second-order valence-electron chi connectivity index (χ2n) is 4.72. The molecule has 1 aromatic heterocycles. The van der Waals surface area contributed by atoms with Gasteiger partial charge in [-0.15, -0.1) is 0 Å². The van der Waals surface area contributed by atoms with Crippen LogP contribution in [0.2, 0.25) is 0 Å². The summed E-state index contributed by atoms with van der Waals surface area (Å²) in [5.74, 6) is 0.392. The van der Waals surface area contributed by atoms with Gasteiger partial charge in [0, 0.05) is 11.5 Å². The Morgan fingerprint density at radius 3 is 3.00 bits per heavy atom. The van der Waals surface area contributed by atoms with E-state index in [1.54, 1.807) is 6.07 Å². The maximum Gasteiger partial charge on any atom is 0.218 e. The van der Waals surface area contributed by atoms with E-state index in [1.807, 2.05) is 6.92 Å². The average molecular weight is 300 g/mol. The monoisotopic (exact) mass is 299 g/mol. The van der Waals surface area contributed by atoms with Crippen LogP contribution in [0.25, 0.3) is 0 Å². The Morgan fingerprint density at radius 1 is 1.65 bits per heavy atom. The van der Waals surface area contributed by atoms with E-state index in [9.17, 15) is 9.18 Å². The first-order valence-electron chi connectivity index (χ1n) is 5.58. The predicted molar refractivity (Wildman–Crippen MR) is 63.3 cm³/mol. The number of nitrogens with zero attached hydrogens (tertiary/aromatic N) is 1. The molecule has 0 bridgehead atoms. The van der Waals surface area contributed by atoms with Crippen LogP contribution in [0.15, 0.2) is 10.7 Å². The molecule has 0 aromatic carbocycles. The maximum absolute atomic E-state index is 13.7. The van der Waals surface area contributed by atoms with Crippen molar-refractivity contribution in [3.8, 4) is 5.75 Å². The number of pyridine rings is 1. The number of aromatic nitrogens is 1. The SMILES string of the molecule is CC1COc2c1cc(C(=O)C1(F)CC1)nc2Br. The van der Waals surface area contributed by atoms with Crippen LogP contribution in [-0.4, -0.2) is 23.0 Å². The van der Waals surface area contributed by atoms with Crippen molar-refractivity contribution in [2.75, 3.05) is 6.61 Å². The number of rotatable bonds is 2. The molecule has 0 N–H and O–H groups in total. The standard InChI is InChI=1S/C12H11BrFNO2/c1-6-5-17-9-7(6)4-8(15-11(9)13)10(16)12(14)2-3-12/h4,6H,2-3,5H2,1H3. The first-order chi connectivity index (χ1) is 8.01. The van der Waals surface area contributed by atoms with Gasteiger partial charge in [0.05, 0.1) is 6.61 Å². The first-order valence-corrected chi connectivity index (χ1v) is 6.37. The van der Waals surface area contributed by atoms with Gasteiger partial charge in [-0.2, -0.15) is 0 Å². The third-order valence-electron chi connectivity index (χ3n) is 3.30. The molecule has 90 valence electrons. The molecule has 1 aliphatic heterocycles. The van der Waals surface area contributed by atoms with E-state index < -0.39 is 11.5 Å². The Morgan fingerprint density at radius 2 is 2.35 bits per heavy atom. The zero-order valence-electron chi connectivity index (χ0n) is 9.30. The van der Waals surface area contributed by atoms with Crippen LogP contribution in [0.4, 0.5) is 4.39 Å². The van der Waals surface area contributed by atoms with E-state index in [-0.39, 0.29) is 11.6 Å². The van der Waals surface area contributed by atoms with Crippen LogP contribution in [-0.2, 0) is 0 Å². The van der Waals surface area contributed by atoms with E-state index in [4.69, 9.17) is 4.74 Å². The topological polar surface area (TPSA) is 39.2 Å². The van der Waals surface area contributed by atoms with Crippen LogP contribution in [0, 0.1) is 0 Å².